The normalized spacial score (nSPS) is 32.4. The van der Waals surface area contributed by atoms with Crippen LogP contribution in [0.5, 0.6) is 0 Å². The standard InChI is InChI=1S/C16H27N3S/c1-11-10-18-16(20-11)12(2)19-15-7-4-3-6-13(15)14-8-5-9-17-14/h10,12-15,17,19H,3-9H2,1-2H3. The van der Waals surface area contributed by atoms with Gasteiger partial charge in [0.25, 0.3) is 0 Å². The van der Waals surface area contributed by atoms with E-state index in [1.54, 1.807) is 0 Å². The molecule has 2 N–H and O–H groups in total. The predicted molar refractivity (Wildman–Crippen MR) is 85.2 cm³/mol. The summed E-state index contributed by atoms with van der Waals surface area (Å²) >= 11 is 1.83. The van der Waals surface area contributed by atoms with Crippen LogP contribution in [0.4, 0.5) is 0 Å². The van der Waals surface area contributed by atoms with Crippen molar-refractivity contribution in [3.05, 3.63) is 16.1 Å². The maximum Gasteiger partial charge on any atom is 0.109 e. The van der Waals surface area contributed by atoms with Gasteiger partial charge in [0, 0.05) is 23.2 Å². The minimum Gasteiger partial charge on any atom is -0.314 e. The Morgan fingerprint density at radius 1 is 1.30 bits per heavy atom. The highest BCUT2D eigenvalue weighted by molar-refractivity contribution is 7.11. The predicted octanol–water partition coefficient (Wildman–Crippen LogP) is 3.41. The molecule has 1 aliphatic carbocycles. The average Bonchev–Trinajstić information content (AvgIpc) is 3.10. The molecule has 0 spiro atoms. The summed E-state index contributed by atoms with van der Waals surface area (Å²) in [5.74, 6) is 0.815. The fourth-order valence-corrected chi connectivity index (χ4v) is 4.68. The molecule has 1 aromatic rings. The first-order chi connectivity index (χ1) is 9.74. The van der Waals surface area contributed by atoms with Crippen molar-refractivity contribution in [1.82, 2.24) is 15.6 Å². The van der Waals surface area contributed by atoms with Gasteiger partial charge in [-0.25, -0.2) is 4.98 Å². The molecule has 0 bridgehead atoms. The van der Waals surface area contributed by atoms with E-state index in [2.05, 4.69) is 29.5 Å². The minimum absolute atomic E-state index is 0.390. The van der Waals surface area contributed by atoms with Gasteiger partial charge in [-0.3, -0.25) is 0 Å². The van der Waals surface area contributed by atoms with Crippen molar-refractivity contribution >= 4 is 11.3 Å². The molecule has 20 heavy (non-hydrogen) atoms. The monoisotopic (exact) mass is 293 g/mol. The number of nitrogens with zero attached hydrogens (tertiary/aromatic N) is 1. The zero-order chi connectivity index (χ0) is 13.9. The number of rotatable bonds is 4. The molecule has 0 aromatic carbocycles. The van der Waals surface area contributed by atoms with Crippen molar-refractivity contribution < 1.29 is 0 Å². The Bertz CT molecular complexity index is 425. The molecule has 1 saturated heterocycles. The van der Waals surface area contributed by atoms with Gasteiger partial charge in [-0.2, -0.15) is 0 Å². The molecule has 3 nitrogen and oxygen atoms in total. The van der Waals surface area contributed by atoms with Crippen LogP contribution in [0.1, 0.15) is 61.4 Å². The summed E-state index contributed by atoms with van der Waals surface area (Å²) in [5, 5.41) is 8.85. The van der Waals surface area contributed by atoms with E-state index < -0.39 is 0 Å². The lowest BCUT2D eigenvalue weighted by atomic mass is 9.79. The topological polar surface area (TPSA) is 37.0 Å². The van der Waals surface area contributed by atoms with E-state index >= 15 is 0 Å². The van der Waals surface area contributed by atoms with Gasteiger partial charge in [-0.05, 0) is 52.0 Å². The number of nitrogens with one attached hydrogen (secondary N) is 2. The molecule has 2 aliphatic rings. The quantitative estimate of drug-likeness (QED) is 0.893. The van der Waals surface area contributed by atoms with Gasteiger partial charge < -0.3 is 10.6 Å². The van der Waals surface area contributed by atoms with Gasteiger partial charge in [0.15, 0.2) is 0 Å². The zero-order valence-corrected chi connectivity index (χ0v) is 13.5. The second-order valence-corrected chi connectivity index (χ2v) is 7.72. The van der Waals surface area contributed by atoms with E-state index in [0.717, 1.165) is 12.0 Å². The van der Waals surface area contributed by atoms with Crippen molar-refractivity contribution in [3.8, 4) is 0 Å². The number of thiazole rings is 1. The largest absolute Gasteiger partial charge is 0.314 e. The zero-order valence-electron chi connectivity index (χ0n) is 12.7. The average molecular weight is 293 g/mol. The Morgan fingerprint density at radius 2 is 2.15 bits per heavy atom. The van der Waals surface area contributed by atoms with Crippen molar-refractivity contribution in [2.24, 2.45) is 5.92 Å². The number of hydrogen-bond donors (Lipinski definition) is 2. The first-order valence-electron chi connectivity index (χ1n) is 8.16. The Hall–Kier alpha value is -0.450. The van der Waals surface area contributed by atoms with Crippen LogP contribution in [-0.4, -0.2) is 23.6 Å². The lowest BCUT2D eigenvalue weighted by Crippen LogP contribution is -2.47. The Balaban J connectivity index is 1.64. The van der Waals surface area contributed by atoms with Gasteiger partial charge in [-0.1, -0.05) is 12.8 Å². The van der Waals surface area contributed by atoms with Crippen molar-refractivity contribution in [2.45, 2.75) is 70.5 Å². The molecule has 2 fully saturated rings. The van der Waals surface area contributed by atoms with Gasteiger partial charge in [0.05, 0.1) is 6.04 Å². The first-order valence-corrected chi connectivity index (χ1v) is 8.97. The maximum atomic E-state index is 4.54. The summed E-state index contributed by atoms with van der Waals surface area (Å²) in [4.78, 5) is 5.86. The third-order valence-electron chi connectivity index (χ3n) is 4.91. The molecule has 0 amide bonds. The highest BCUT2D eigenvalue weighted by Gasteiger charge is 2.34. The molecular weight excluding hydrogens is 266 g/mol. The fraction of sp³-hybridized carbons (Fsp3) is 0.812. The highest BCUT2D eigenvalue weighted by atomic mass is 32.1. The van der Waals surface area contributed by atoms with Crippen LogP contribution in [0.25, 0.3) is 0 Å². The smallest absolute Gasteiger partial charge is 0.109 e. The van der Waals surface area contributed by atoms with Crippen molar-refractivity contribution in [3.63, 3.8) is 0 Å². The second kappa shape index (κ2) is 6.54. The molecular formula is C16H27N3S. The van der Waals surface area contributed by atoms with Crippen LogP contribution in [0.2, 0.25) is 0 Å². The summed E-state index contributed by atoms with van der Waals surface area (Å²) < 4.78 is 0. The second-order valence-electron chi connectivity index (χ2n) is 6.46. The van der Waals surface area contributed by atoms with Crippen molar-refractivity contribution in [1.29, 1.82) is 0 Å². The maximum absolute atomic E-state index is 4.54. The Morgan fingerprint density at radius 3 is 2.85 bits per heavy atom. The Labute approximate surface area is 126 Å². The van der Waals surface area contributed by atoms with Crippen LogP contribution >= 0.6 is 11.3 Å². The van der Waals surface area contributed by atoms with E-state index in [1.807, 2.05) is 17.5 Å². The van der Waals surface area contributed by atoms with Crippen molar-refractivity contribution in [2.75, 3.05) is 6.54 Å². The number of hydrogen-bond acceptors (Lipinski definition) is 4. The van der Waals surface area contributed by atoms with E-state index in [-0.39, 0.29) is 0 Å². The van der Waals surface area contributed by atoms with Gasteiger partial charge >= 0.3 is 0 Å². The van der Waals surface area contributed by atoms with Crippen LogP contribution in [0.3, 0.4) is 0 Å². The highest BCUT2D eigenvalue weighted by Crippen LogP contribution is 2.32. The molecule has 4 heteroatoms. The molecule has 4 atom stereocenters. The third kappa shape index (κ3) is 3.23. The van der Waals surface area contributed by atoms with E-state index in [1.165, 1.54) is 55.0 Å². The van der Waals surface area contributed by atoms with Crippen LogP contribution in [-0.2, 0) is 0 Å². The van der Waals surface area contributed by atoms with E-state index in [9.17, 15) is 0 Å². The number of aromatic nitrogens is 1. The molecule has 0 radical (unpaired) electrons. The number of aryl methyl sites for hydroxylation is 1. The molecule has 1 aliphatic heterocycles. The lowest BCUT2D eigenvalue weighted by Gasteiger charge is -2.37. The molecule has 112 valence electrons. The molecule has 3 rings (SSSR count). The summed E-state index contributed by atoms with van der Waals surface area (Å²) in [6, 6.07) is 1.80. The van der Waals surface area contributed by atoms with Crippen LogP contribution in [0.15, 0.2) is 6.20 Å². The molecule has 1 aromatic heterocycles. The first kappa shape index (κ1) is 14.5. The Kier molecular flexibility index (Phi) is 4.74. The van der Waals surface area contributed by atoms with Gasteiger partial charge in [0.1, 0.15) is 5.01 Å². The SMILES string of the molecule is Cc1cnc(C(C)NC2CCCCC2C2CCCN2)s1. The van der Waals surface area contributed by atoms with E-state index in [4.69, 9.17) is 0 Å². The fourth-order valence-electron chi connectivity index (χ4n) is 3.89. The summed E-state index contributed by atoms with van der Waals surface area (Å²) in [7, 11) is 0. The van der Waals surface area contributed by atoms with Crippen LogP contribution < -0.4 is 10.6 Å². The molecule has 1 saturated carbocycles. The summed E-state index contributed by atoms with van der Waals surface area (Å²) in [6.07, 6.45) is 10.2. The molecule has 4 unspecified atom stereocenters. The lowest BCUT2D eigenvalue weighted by molar-refractivity contribution is 0.203. The van der Waals surface area contributed by atoms with Crippen LogP contribution in [0, 0.1) is 12.8 Å². The van der Waals surface area contributed by atoms with Gasteiger partial charge in [0.2, 0.25) is 0 Å². The molecule has 2 heterocycles. The summed E-state index contributed by atoms with van der Waals surface area (Å²) in [5.41, 5.74) is 0. The summed E-state index contributed by atoms with van der Waals surface area (Å²) in [6.45, 7) is 5.63. The third-order valence-corrected chi connectivity index (χ3v) is 6.00. The van der Waals surface area contributed by atoms with Gasteiger partial charge in [-0.15, -0.1) is 11.3 Å². The minimum atomic E-state index is 0.390. The van der Waals surface area contributed by atoms with E-state index in [0.29, 0.717) is 12.1 Å².